The highest BCUT2D eigenvalue weighted by Crippen LogP contribution is 2.29. The van der Waals surface area contributed by atoms with Gasteiger partial charge in [0, 0.05) is 17.8 Å². The predicted octanol–water partition coefficient (Wildman–Crippen LogP) is 2.18. The number of nitrogens with zero attached hydrogens (tertiary/aromatic N) is 2. The van der Waals surface area contributed by atoms with Crippen LogP contribution in [-0.4, -0.2) is 29.6 Å². The highest BCUT2D eigenvalue weighted by atomic mass is 19.4. The molecule has 0 aliphatic heterocycles. The third kappa shape index (κ3) is 6.82. The first-order valence-electron chi connectivity index (χ1n) is 6.32. The van der Waals surface area contributed by atoms with Crippen LogP contribution < -0.4 is 15.8 Å². The maximum Gasteiger partial charge on any atom is 0.417 e. The molecule has 0 aliphatic carbocycles. The van der Waals surface area contributed by atoms with Gasteiger partial charge >= 0.3 is 6.18 Å². The van der Waals surface area contributed by atoms with E-state index in [4.69, 9.17) is 10.5 Å². The van der Waals surface area contributed by atoms with Crippen molar-refractivity contribution < 1.29 is 17.9 Å². The summed E-state index contributed by atoms with van der Waals surface area (Å²) in [5.41, 5.74) is 4.65. The Morgan fingerprint density at radius 1 is 1.33 bits per heavy atom. The molecular formula is C13H19F3N4O. The van der Waals surface area contributed by atoms with Crippen LogP contribution in [0.15, 0.2) is 23.3 Å². The van der Waals surface area contributed by atoms with Gasteiger partial charge in [-0.05, 0) is 26.8 Å². The van der Waals surface area contributed by atoms with E-state index in [1.54, 1.807) is 0 Å². The lowest BCUT2D eigenvalue weighted by atomic mass is 10.1. The smallest absolute Gasteiger partial charge is 0.417 e. The van der Waals surface area contributed by atoms with Gasteiger partial charge in [-0.25, -0.2) is 9.98 Å². The molecule has 0 saturated heterocycles. The van der Waals surface area contributed by atoms with Crippen molar-refractivity contribution in [2.24, 2.45) is 10.7 Å². The number of aromatic nitrogens is 1. The van der Waals surface area contributed by atoms with Gasteiger partial charge in [0.25, 0.3) is 0 Å². The van der Waals surface area contributed by atoms with Gasteiger partial charge in [-0.1, -0.05) is 0 Å². The fourth-order valence-electron chi connectivity index (χ4n) is 1.37. The van der Waals surface area contributed by atoms with Crippen LogP contribution in [0.2, 0.25) is 0 Å². The fourth-order valence-corrected chi connectivity index (χ4v) is 1.37. The number of aliphatic imine (C=N–C) groups is 1. The van der Waals surface area contributed by atoms with Crippen LogP contribution in [0.25, 0.3) is 0 Å². The molecule has 0 radical (unpaired) electrons. The topological polar surface area (TPSA) is 72.5 Å². The summed E-state index contributed by atoms with van der Waals surface area (Å²) >= 11 is 0. The molecule has 0 fully saturated rings. The van der Waals surface area contributed by atoms with Gasteiger partial charge < -0.3 is 15.8 Å². The van der Waals surface area contributed by atoms with Gasteiger partial charge in [-0.15, -0.1) is 0 Å². The number of guanidine groups is 1. The number of nitrogens with one attached hydrogen (secondary N) is 1. The molecule has 0 aliphatic rings. The minimum Gasteiger partial charge on any atom is -0.476 e. The Hall–Kier alpha value is -1.99. The van der Waals surface area contributed by atoms with Gasteiger partial charge in [0.2, 0.25) is 5.88 Å². The molecular weight excluding hydrogens is 285 g/mol. The van der Waals surface area contributed by atoms with Crippen molar-refractivity contribution >= 4 is 5.96 Å². The molecule has 1 aromatic heterocycles. The van der Waals surface area contributed by atoms with Gasteiger partial charge in [0.15, 0.2) is 5.96 Å². The van der Waals surface area contributed by atoms with E-state index in [0.717, 1.165) is 12.3 Å². The van der Waals surface area contributed by atoms with Gasteiger partial charge in [-0.3, -0.25) is 0 Å². The Balaban J connectivity index is 2.41. The Labute approximate surface area is 121 Å². The summed E-state index contributed by atoms with van der Waals surface area (Å²) < 4.78 is 42.2. The zero-order chi connectivity index (χ0) is 16.1. The van der Waals surface area contributed by atoms with E-state index in [0.29, 0.717) is 0 Å². The molecule has 5 nitrogen and oxygen atoms in total. The molecule has 1 rings (SSSR count). The van der Waals surface area contributed by atoms with E-state index >= 15 is 0 Å². The molecule has 3 N–H and O–H groups in total. The summed E-state index contributed by atoms with van der Waals surface area (Å²) in [5, 5.41) is 2.97. The number of ether oxygens (including phenoxy) is 1. The van der Waals surface area contributed by atoms with Crippen LogP contribution in [0.1, 0.15) is 26.3 Å². The monoisotopic (exact) mass is 304 g/mol. The SMILES string of the molecule is CC(C)(C)NC(N)=NCCOc1ccc(C(F)(F)F)cn1. The lowest BCUT2D eigenvalue weighted by molar-refractivity contribution is -0.137. The number of hydrogen-bond acceptors (Lipinski definition) is 3. The first-order valence-corrected chi connectivity index (χ1v) is 6.32. The maximum absolute atomic E-state index is 12.3. The molecule has 118 valence electrons. The zero-order valence-corrected chi connectivity index (χ0v) is 12.2. The number of rotatable bonds is 4. The summed E-state index contributed by atoms with van der Waals surface area (Å²) in [5.74, 6) is 0.395. The molecule has 1 aromatic rings. The third-order valence-electron chi connectivity index (χ3n) is 2.19. The molecule has 0 unspecified atom stereocenters. The number of hydrogen-bond donors (Lipinski definition) is 2. The van der Waals surface area contributed by atoms with E-state index < -0.39 is 11.7 Å². The molecule has 0 amide bonds. The molecule has 1 heterocycles. The average Bonchev–Trinajstić information content (AvgIpc) is 2.32. The van der Waals surface area contributed by atoms with Crippen LogP contribution in [-0.2, 0) is 6.18 Å². The highest BCUT2D eigenvalue weighted by molar-refractivity contribution is 5.78. The Morgan fingerprint density at radius 2 is 2.00 bits per heavy atom. The standard InChI is InChI=1S/C13H19F3N4O/c1-12(2,3)20-11(17)18-6-7-21-10-5-4-9(8-19-10)13(14,15)16/h4-5,8H,6-7H2,1-3H3,(H3,17,18,20). The lowest BCUT2D eigenvalue weighted by Gasteiger charge is -2.20. The molecule has 0 aromatic carbocycles. The van der Waals surface area contributed by atoms with E-state index in [2.05, 4.69) is 15.3 Å². The van der Waals surface area contributed by atoms with E-state index in [9.17, 15) is 13.2 Å². The second kappa shape index (κ2) is 6.64. The fraction of sp³-hybridized carbons (Fsp3) is 0.538. The van der Waals surface area contributed by atoms with Crippen molar-refractivity contribution in [2.75, 3.05) is 13.2 Å². The molecule has 0 spiro atoms. The number of nitrogens with two attached hydrogens (primary N) is 1. The van der Waals surface area contributed by atoms with Gasteiger partial charge in [-0.2, -0.15) is 13.2 Å². The van der Waals surface area contributed by atoms with Gasteiger partial charge in [0.05, 0.1) is 12.1 Å². The van der Waals surface area contributed by atoms with E-state index in [1.807, 2.05) is 20.8 Å². The Morgan fingerprint density at radius 3 is 2.48 bits per heavy atom. The summed E-state index contributed by atoms with van der Waals surface area (Å²) in [4.78, 5) is 7.62. The van der Waals surface area contributed by atoms with Crippen molar-refractivity contribution in [3.8, 4) is 5.88 Å². The van der Waals surface area contributed by atoms with E-state index in [1.165, 1.54) is 6.07 Å². The summed E-state index contributed by atoms with van der Waals surface area (Å²) in [6.07, 6.45) is -3.67. The van der Waals surface area contributed by atoms with Crippen molar-refractivity contribution in [3.05, 3.63) is 23.9 Å². The second-order valence-corrected chi connectivity index (χ2v) is 5.37. The zero-order valence-electron chi connectivity index (χ0n) is 12.2. The molecule has 0 atom stereocenters. The quantitative estimate of drug-likeness (QED) is 0.508. The molecule has 8 heteroatoms. The Bertz CT molecular complexity index is 478. The molecule has 0 bridgehead atoms. The Kier molecular flexibility index (Phi) is 5.40. The van der Waals surface area contributed by atoms with Crippen LogP contribution in [0.3, 0.4) is 0 Å². The summed E-state index contributed by atoms with van der Waals surface area (Å²) in [6.45, 7) is 6.27. The highest BCUT2D eigenvalue weighted by Gasteiger charge is 2.30. The van der Waals surface area contributed by atoms with Crippen LogP contribution in [0.4, 0.5) is 13.2 Å². The van der Waals surface area contributed by atoms with Crippen LogP contribution >= 0.6 is 0 Å². The number of pyridine rings is 1. The minimum atomic E-state index is -4.40. The minimum absolute atomic E-state index is 0.112. The number of halogens is 3. The number of alkyl halides is 3. The van der Waals surface area contributed by atoms with Crippen molar-refractivity contribution in [3.63, 3.8) is 0 Å². The average molecular weight is 304 g/mol. The van der Waals surface area contributed by atoms with Gasteiger partial charge in [0.1, 0.15) is 6.61 Å². The van der Waals surface area contributed by atoms with Crippen molar-refractivity contribution in [2.45, 2.75) is 32.5 Å². The lowest BCUT2D eigenvalue weighted by Crippen LogP contribution is -2.45. The molecule has 0 saturated carbocycles. The molecule has 21 heavy (non-hydrogen) atoms. The van der Waals surface area contributed by atoms with Crippen LogP contribution in [0, 0.1) is 0 Å². The normalized spacial score (nSPS) is 13.1. The van der Waals surface area contributed by atoms with Crippen LogP contribution in [0.5, 0.6) is 5.88 Å². The van der Waals surface area contributed by atoms with Crippen molar-refractivity contribution in [1.82, 2.24) is 10.3 Å². The summed E-state index contributed by atoms with van der Waals surface area (Å²) in [6, 6.07) is 2.09. The second-order valence-electron chi connectivity index (χ2n) is 5.37. The third-order valence-corrected chi connectivity index (χ3v) is 2.19. The van der Waals surface area contributed by atoms with E-state index in [-0.39, 0.29) is 30.5 Å². The van der Waals surface area contributed by atoms with Crippen molar-refractivity contribution in [1.29, 1.82) is 0 Å². The first-order chi connectivity index (χ1) is 9.58. The summed E-state index contributed by atoms with van der Waals surface area (Å²) in [7, 11) is 0. The largest absolute Gasteiger partial charge is 0.476 e. The predicted molar refractivity (Wildman–Crippen MR) is 74.1 cm³/mol. The maximum atomic E-state index is 12.3. The first kappa shape index (κ1) is 17.1.